The van der Waals surface area contributed by atoms with Crippen LogP contribution in [0.25, 0.3) is 0 Å². The molecule has 3 heterocycles. The molecule has 5 amide bonds. The molecule has 0 radical (unpaired) electrons. The lowest BCUT2D eigenvalue weighted by Gasteiger charge is -2.46. The van der Waals surface area contributed by atoms with E-state index in [1.165, 1.54) is 18.2 Å². The van der Waals surface area contributed by atoms with Crippen LogP contribution in [0, 0.1) is 6.92 Å². The molecule has 2 aromatic rings. The second kappa shape index (κ2) is 24.2. The average molecular weight is 988 g/mol. The molecule has 28 heteroatoms. The number of nitrogen functional groups attached to an aromatic ring is 1. The lowest BCUT2D eigenvalue weighted by atomic mass is 9.95. The molecule has 0 saturated carbocycles. The number of rotatable bonds is 22. The molecule has 9 unspecified atom stereocenters. The van der Waals surface area contributed by atoms with E-state index in [-0.39, 0.29) is 48.6 Å². The van der Waals surface area contributed by atoms with E-state index in [2.05, 4.69) is 41.9 Å². The van der Waals surface area contributed by atoms with Crippen molar-refractivity contribution < 1.29 is 74.4 Å². The van der Waals surface area contributed by atoms with Gasteiger partial charge in [-0.15, -0.1) is 0 Å². The third-order valence-electron chi connectivity index (χ3n) is 12.0. The smallest absolute Gasteiger partial charge is 0.246 e. The van der Waals surface area contributed by atoms with Crippen LogP contribution in [-0.4, -0.2) is 211 Å². The molecule has 0 bridgehead atoms. The third-order valence-corrected chi connectivity index (χ3v) is 12.0. The number of aromatic hydroxyl groups is 1. The number of anilines is 1. The van der Waals surface area contributed by atoms with Crippen molar-refractivity contribution in [1.82, 2.24) is 36.8 Å². The number of phenolic OH excluding ortho intramolecular Hbond substituents is 1. The number of hydrogen-bond donors (Lipinski definition) is 18. The third kappa shape index (κ3) is 12.9. The van der Waals surface area contributed by atoms with Crippen molar-refractivity contribution in [2.45, 2.75) is 105 Å². The Labute approximate surface area is 399 Å². The molecule has 70 heavy (non-hydrogen) atoms. The van der Waals surface area contributed by atoms with E-state index in [0.717, 1.165) is 10.5 Å². The summed E-state index contributed by atoms with van der Waals surface area (Å²) in [6, 6.07) is -0.774. The Morgan fingerprint density at radius 2 is 1.47 bits per heavy atom. The Hall–Kier alpha value is -6.76. The van der Waals surface area contributed by atoms with Crippen LogP contribution in [0.4, 0.5) is 5.69 Å². The Morgan fingerprint density at radius 1 is 0.829 bits per heavy atom. The SMILES string of the molecule is Cc1ccccc1C[C@H](NC(=O)CN)C(=O)N[C@@H](Cc1ccc(O)c(N)c1)C(=O)N[C@H](C(=O)N[C@H](C(=O)N[C@H](C=O)CO)C(O)C1CN=C(N)N1C1OC(CO)C(O)C(O)C1O)C(O)C1CN=C(N)N1. The molecular weight excluding hydrogens is 927 g/mol. The van der Waals surface area contributed by atoms with Gasteiger partial charge in [0.2, 0.25) is 29.5 Å². The van der Waals surface area contributed by atoms with Gasteiger partial charge in [-0.2, -0.15) is 0 Å². The van der Waals surface area contributed by atoms with Gasteiger partial charge < -0.3 is 110 Å². The van der Waals surface area contributed by atoms with Crippen LogP contribution < -0.4 is 54.8 Å². The van der Waals surface area contributed by atoms with Crippen molar-refractivity contribution in [3.8, 4) is 5.75 Å². The van der Waals surface area contributed by atoms with Crippen molar-refractivity contribution in [3.05, 3.63) is 59.2 Å². The molecule has 1 saturated heterocycles. The van der Waals surface area contributed by atoms with Crippen molar-refractivity contribution in [1.29, 1.82) is 0 Å². The van der Waals surface area contributed by atoms with E-state index in [1.54, 1.807) is 31.2 Å². The zero-order chi connectivity index (χ0) is 51.6. The number of amides is 5. The number of aldehydes is 1. The molecule has 0 spiro atoms. The van der Waals surface area contributed by atoms with Gasteiger partial charge in [0.25, 0.3) is 0 Å². The van der Waals surface area contributed by atoms with Crippen LogP contribution in [0.15, 0.2) is 52.4 Å². The van der Waals surface area contributed by atoms with E-state index in [4.69, 9.17) is 27.7 Å². The van der Waals surface area contributed by atoms with Gasteiger partial charge in [-0.3, -0.25) is 34.0 Å². The summed E-state index contributed by atoms with van der Waals surface area (Å²) < 4.78 is 5.64. The lowest BCUT2D eigenvalue weighted by Crippen LogP contribution is -2.70. The van der Waals surface area contributed by atoms with E-state index in [1.807, 2.05) is 0 Å². The number of aliphatic imine (C=N–C) groups is 2. The zero-order valence-electron chi connectivity index (χ0n) is 37.7. The molecule has 3 aliphatic rings. The number of benzene rings is 2. The first-order chi connectivity index (χ1) is 33.2. The summed E-state index contributed by atoms with van der Waals surface area (Å²) in [6.45, 7) is -1.26. The number of hydrogen-bond acceptors (Lipinski definition) is 23. The summed E-state index contributed by atoms with van der Waals surface area (Å²) in [5, 5.41) is 100. The highest BCUT2D eigenvalue weighted by Crippen LogP contribution is 2.29. The Balaban J connectivity index is 1.51. The minimum absolute atomic E-state index is 0.0677. The predicted molar refractivity (Wildman–Crippen MR) is 244 cm³/mol. The van der Waals surface area contributed by atoms with Gasteiger partial charge in [0.05, 0.1) is 50.6 Å². The standard InChI is InChI=1S/C42H61N13O15/c1-17-4-2-3-5-19(17)10-23(50-28(60)11-43)36(66)51-22(9-18-6-7-26(59)21(44)8-18)37(67)53-29(31(61)24-12-47-41(45)52-24)39(69)54-30(38(68)49-20(14-56)15-57)32(62)25-13-48-42(46)55(25)40-35(65)34(64)33(63)27(16-58)70-40/h2-8,14,20,22-25,27,29-35,40,57-59,61-65H,9-13,15-16,43-44H2,1H3,(H2,46,48)(H,49,68)(H,50,60)(H,51,66)(H,53,67)(H,54,69)(H3,45,47,52)/t20-,22+,23+,24?,25?,27?,29+,30+,31?,32?,33?,34?,35?,40?/m1/s1. The van der Waals surface area contributed by atoms with Gasteiger partial charge >= 0.3 is 0 Å². The highest BCUT2D eigenvalue weighted by Gasteiger charge is 2.52. The molecule has 3 aliphatic heterocycles. The number of aliphatic hydroxyl groups excluding tert-OH is 7. The summed E-state index contributed by atoms with van der Waals surface area (Å²) in [6.07, 6.45) is -13.4. The number of ether oxygens (including phenoxy) is 1. The summed E-state index contributed by atoms with van der Waals surface area (Å²) in [5.74, 6) is -6.38. The van der Waals surface area contributed by atoms with Crippen molar-refractivity contribution >= 4 is 53.4 Å². The Kier molecular flexibility index (Phi) is 18.7. The van der Waals surface area contributed by atoms with E-state index >= 15 is 0 Å². The Morgan fingerprint density at radius 3 is 2.09 bits per heavy atom. The van der Waals surface area contributed by atoms with Crippen LogP contribution >= 0.6 is 0 Å². The number of phenols is 1. The van der Waals surface area contributed by atoms with Gasteiger partial charge in [0.15, 0.2) is 18.1 Å². The minimum Gasteiger partial charge on any atom is -0.506 e. The molecular formula is C42H61N13O15. The number of guanidine groups is 2. The molecule has 2 aromatic carbocycles. The highest BCUT2D eigenvalue weighted by molar-refractivity contribution is 5.97. The second-order valence-electron chi connectivity index (χ2n) is 16.9. The average Bonchev–Trinajstić information content (AvgIpc) is 3.96. The van der Waals surface area contributed by atoms with Gasteiger partial charge in [0.1, 0.15) is 78.9 Å². The van der Waals surface area contributed by atoms with E-state index in [0.29, 0.717) is 5.56 Å². The van der Waals surface area contributed by atoms with Gasteiger partial charge in [0, 0.05) is 12.8 Å². The van der Waals surface area contributed by atoms with Crippen LogP contribution in [-0.2, 0) is 46.3 Å². The van der Waals surface area contributed by atoms with Gasteiger partial charge in [-0.05, 0) is 35.7 Å². The number of aryl methyl sites for hydroxylation is 1. The van der Waals surface area contributed by atoms with Crippen molar-refractivity contribution in [2.75, 3.05) is 38.6 Å². The summed E-state index contributed by atoms with van der Waals surface area (Å²) >= 11 is 0. The van der Waals surface area contributed by atoms with Crippen LogP contribution in [0.3, 0.4) is 0 Å². The fraction of sp³-hybridized carbons (Fsp3) is 0.524. The maximum absolute atomic E-state index is 14.7. The van der Waals surface area contributed by atoms with Crippen molar-refractivity contribution in [3.63, 3.8) is 0 Å². The summed E-state index contributed by atoms with van der Waals surface area (Å²) in [7, 11) is 0. The fourth-order valence-electron chi connectivity index (χ4n) is 8.03. The zero-order valence-corrected chi connectivity index (χ0v) is 37.7. The van der Waals surface area contributed by atoms with Gasteiger partial charge in [-0.1, -0.05) is 30.3 Å². The van der Waals surface area contributed by atoms with Crippen molar-refractivity contribution in [2.24, 2.45) is 27.2 Å². The maximum Gasteiger partial charge on any atom is 0.246 e. The Bertz CT molecular complexity index is 2270. The number of nitrogens with two attached hydrogens (primary N) is 4. The normalized spacial score (nSPS) is 25.0. The number of carbonyl (C=O) groups excluding carboxylic acids is 6. The number of nitrogens with zero attached hydrogens (tertiary/aromatic N) is 3. The molecule has 5 rings (SSSR count). The van der Waals surface area contributed by atoms with Crippen LogP contribution in [0.5, 0.6) is 5.75 Å². The molecule has 14 atom stereocenters. The molecule has 28 nitrogen and oxygen atoms in total. The fourth-order valence-corrected chi connectivity index (χ4v) is 8.03. The first-order valence-electron chi connectivity index (χ1n) is 21.9. The molecule has 0 aromatic heterocycles. The number of nitrogens with one attached hydrogen (secondary N) is 6. The lowest BCUT2D eigenvalue weighted by molar-refractivity contribution is -0.260. The van der Waals surface area contributed by atoms with Crippen LogP contribution in [0.2, 0.25) is 0 Å². The van der Waals surface area contributed by atoms with Gasteiger partial charge in [-0.25, -0.2) is 0 Å². The molecule has 0 aliphatic carbocycles. The van der Waals surface area contributed by atoms with Crippen LogP contribution in [0.1, 0.15) is 16.7 Å². The molecule has 384 valence electrons. The summed E-state index contributed by atoms with van der Waals surface area (Å²) in [4.78, 5) is 90.7. The minimum atomic E-state index is -2.21. The highest BCUT2D eigenvalue weighted by atomic mass is 16.6. The second-order valence-corrected chi connectivity index (χ2v) is 16.9. The number of aliphatic hydroxyl groups is 7. The largest absolute Gasteiger partial charge is 0.506 e. The summed E-state index contributed by atoms with van der Waals surface area (Å²) in [5.41, 5.74) is 25.1. The maximum atomic E-state index is 14.7. The first kappa shape index (κ1) is 54.2. The first-order valence-corrected chi connectivity index (χ1v) is 21.9. The topological polar surface area (TPSA) is 478 Å². The van der Waals surface area contributed by atoms with E-state index in [9.17, 15) is 69.6 Å². The molecule has 1 fully saturated rings. The quantitative estimate of drug-likeness (QED) is 0.0296. The number of carbonyl (C=O) groups is 6. The predicted octanol–water partition coefficient (Wildman–Crippen LogP) is -9.55. The molecule has 22 N–H and O–H groups in total. The monoisotopic (exact) mass is 987 g/mol. The van der Waals surface area contributed by atoms with E-state index < -0.39 is 147 Å².